The van der Waals surface area contributed by atoms with Crippen LogP contribution in [0.15, 0.2) is 0 Å². The highest BCUT2D eigenvalue weighted by molar-refractivity contribution is 7.99. The fourth-order valence-corrected chi connectivity index (χ4v) is 2.22. The van der Waals surface area contributed by atoms with Crippen molar-refractivity contribution in [3.63, 3.8) is 0 Å². The van der Waals surface area contributed by atoms with E-state index in [1.807, 2.05) is 6.92 Å². The van der Waals surface area contributed by atoms with Gasteiger partial charge in [-0.15, -0.1) is 0 Å². The molecule has 0 bridgehead atoms. The van der Waals surface area contributed by atoms with Gasteiger partial charge in [0.15, 0.2) is 0 Å². The molecule has 0 aromatic heterocycles. The monoisotopic (exact) mass is 279 g/mol. The van der Waals surface area contributed by atoms with Crippen molar-refractivity contribution in [2.24, 2.45) is 5.84 Å². The van der Waals surface area contributed by atoms with Crippen LogP contribution >= 0.6 is 24.6 Å². The van der Waals surface area contributed by atoms with Crippen molar-refractivity contribution < 1.29 is 9.59 Å². The fourth-order valence-electron chi connectivity index (χ4n) is 1.14. The highest BCUT2D eigenvalue weighted by Gasteiger charge is 2.19. The first kappa shape index (κ1) is 16.6. The molecule has 5 nitrogen and oxygen atoms in total. The number of carbonyl (C=O) groups excluding carboxylic acids is 2. The van der Waals surface area contributed by atoms with Crippen molar-refractivity contribution in [2.45, 2.75) is 50.0 Å². The van der Waals surface area contributed by atoms with Gasteiger partial charge < -0.3 is 0 Å². The van der Waals surface area contributed by atoms with E-state index in [0.29, 0.717) is 6.42 Å². The summed E-state index contributed by atoms with van der Waals surface area (Å²) < 4.78 is 2.64. The maximum absolute atomic E-state index is 11.6. The molecular weight excluding hydrogens is 258 g/mol. The van der Waals surface area contributed by atoms with Crippen molar-refractivity contribution in [3.8, 4) is 0 Å². The summed E-state index contributed by atoms with van der Waals surface area (Å²) in [6, 6.07) is 0. The molecular formula is C10H21N3O2S2. The van der Waals surface area contributed by atoms with Gasteiger partial charge in [-0.25, -0.2) is 5.84 Å². The van der Waals surface area contributed by atoms with Crippen molar-refractivity contribution in [3.05, 3.63) is 0 Å². The van der Waals surface area contributed by atoms with Crippen LogP contribution in [-0.4, -0.2) is 22.3 Å². The van der Waals surface area contributed by atoms with Crippen molar-refractivity contribution in [2.75, 3.05) is 0 Å². The van der Waals surface area contributed by atoms with Gasteiger partial charge in [0, 0.05) is 0 Å². The van der Waals surface area contributed by atoms with E-state index in [1.54, 1.807) is 0 Å². The average Bonchev–Trinajstić information content (AvgIpc) is 2.35. The van der Waals surface area contributed by atoms with Crippen LogP contribution in [0.3, 0.4) is 0 Å². The molecule has 17 heavy (non-hydrogen) atoms. The Morgan fingerprint density at radius 3 is 2.47 bits per heavy atom. The van der Waals surface area contributed by atoms with Crippen LogP contribution in [-0.2, 0) is 9.59 Å². The molecule has 100 valence electrons. The van der Waals surface area contributed by atoms with E-state index < -0.39 is 0 Å². The van der Waals surface area contributed by atoms with Gasteiger partial charge in [0.1, 0.15) is 5.25 Å². The van der Waals surface area contributed by atoms with Gasteiger partial charge >= 0.3 is 0 Å². The molecule has 0 fully saturated rings. The van der Waals surface area contributed by atoms with Gasteiger partial charge in [-0.1, -0.05) is 26.7 Å². The lowest BCUT2D eigenvalue weighted by Gasteiger charge is -2.15. The molecule has 0 rings (SSSR count). The minimum absolute atomic E-state index is 0.157. The van der Waals surface area contributed by atoms with Crippen molar-refractivity contribution >= 4 is 36.4 Å². The zero-order valence-corrected chi connectivity index (χ0v) is 11.9. The van der Waals surface area contributed by atoms with E-state index in [1.165, 1.54) is 0 Å². The number of hydrogen-bond donors (Lipinski definition) is 4. The number of unbranched alkanes of at least 4 members (excludes halogenated alkanes) is 1. The zero-order chi connectivity index (χ0) is 13.3. The number of amides is 2. The summed E-state index contributed by atoms with van der Waals surface area (Å²) in [6.45, 7) is 3.92. The molecule has 0 heterocycles. The van der Waals surface area contributed by atoms with E-state index >= 15 is 0 Å². The first-order valence-electron chi connectivity index (χ1n) is 5.70. The summed E-state index contributed by atoms with van der Waals surface area (Å²) in [5.74, 6) is 4.59. The molecule has 0 aliphatic carbocycles. The number of thiol groups is 1. The van der Waals surface area contributed by atoms with E-state index in [4.69, 9.17) is 5.84 Å². The summed E-state index contributed by atoms with van der Waals surface area (Å²) >= 11 is 5.30. The third-order valence-electron chi connectivity index (χ3n) is 2.24. The molecule has 0 saturated carbocycles. The summed E-state index contributed by atoms with van der Waals surface area (Å²) in [6.07, 6.45) is 3.34. The largest absolute Gasteiger partial charge is 0.299 e. The number of nitrogens with two attached hydrogens (primary N) is 1. The Balaban J connectivity index is 3.99. The van der Waals surface area contributed by atoms with Crippen LogP contribution in [0, 0.1) is 0 Å². The molecule has 0 aromatic carbocycles. The summed E-state index contributed by atoms with van der Waals surface area (Å²) in [7, 11) is 0. The second-order valence-corrected chi connectivity index (χ2v) is 5.28. The molecule has 0 aliphatic rings. The predicted molar refractivity (Wildman–Crippen MR) is 74.4 cm³/mol. The summed E-state index contributed by atoms with van der Waals surface area (Å²) in [5, 5.41) is -0.684. The lowest BCUT2D eigenvalue weighted by molar-refractivity contribution is -0.120. The molecule has 7 heteroatoms. The van der Waals surface area contributed by atoms with Gasteiger partial charge in [-0.3, -0.25) is 19.7 Å². The first-order chi connectivity index (χ1) is 8.06. The van der Waals surface area contributed by atoms with Gasteiger partial charge in [0.2, 0.25) is 11.8 Å². The molecule has 0 radical (unpaired) electrons. The zero-order valence-electron chi connectivity index (χ0n) is 10.2. The number of rotatable bonds is 8. The molecule has 4 N–H and O–H groups in total. The molecule has 0 aliphatic heterocycles. The second kappa shape index (κ2) is 9.61. The predicted octanol–water partition coefficient (Wildman–Crippen LogP) is 1.01. The van der Waals surface area contributed by atoms with Crippen LogP contribution < -0.4 is 16.0 Å². The fraction of sp³-hybridized carbons (Fsp3) is 0.800. The minimum Gasteiger partial charge on any atom is -0.299 e. The van der Waals surface area contributed by atoms with E-state index in [0.717, 1.165) is 31.2 Å². The summed E-state index contributed by atoms with van der Waals surface area (Å²) in [4.78, 5) is 22.9. The number of carbonyl (C=O) groups is 2. The SMILES string of the molecule is CCCCC(S)C(=O)NSC(CC)C(=O)NN. The standard InChI is InChI=1S/C10H21N3O2S2/c1-3-5-6-7(16)9(14)13-17-8(4-2)10(15)12-11/h7-8,16H,3-6,11H2,1-2H3,(H,12,15)(H,13,14). The van der Waals surface area contributed by atoms with Crippen molar-refractivity contribution in [1.82, 2.24) is 10.1 Å². The Labute approximate surface area is 112 Å². The molecule has 2 unspecified atom stereocenters. The van der Waals surface area contributed by atoms with Gasteiger partial charge in [0.05, 0.1) is 5.25 Å². The van der Waals surface area contributed by atoms with Crippen LogP contribution in [0.2, 0.25) is 0 Å². The molecule has 2 amide bonds. The topological polar surface area (TPSA) is 84.2 Å². The Morgan fingerprint density at radius 2 is 2.00 bits per heavy atom. The molecule has 0 saturated heterocycles. The lowest BCUT2D eigenvalue weighted by Crippen LogP contribution is -2.39. The smallest absolute Gasteiger partial charge is 0.248 e. The quantitative estimate of drug-likeness (QED) is 0.176. The third-order valence-corrected chi connectivity index (χ3v) is 3.88. The Kier molecular flexibility index (Phi) is 9.39. The van der Waals surface area contributed by atoms with Gasteiger partial charge in [0.25, 0.3) is 0 Å². The first-order valence-corrected chi connectivity index (χ1v) is 7.10. The normalized spacial score (nSPS) is 13.9. The third kappa shape index (κ3) is 6.80. The second-order valence-electron chi connectivity index (χ2n) is 3.65. The average molecular weight is 279 g/mol. The number of hydrazine groups is 1. The highest BCUT2D eigenvalue weighted by atomic mass is 32.2. The number of hydrogen-bond acceptors (Lipinski definition) is 5. The van der Waals surface area contributed by atoms with E-state index in [9.17, 15) is 9.59 Å². The maximum Gasteiger partial charge on any atom is 0.248 e. The molecule has 0 spiro atoms. The molecule has 2 atom stereocenters. The number of nitrogens with one attached hydrogen (secondary N) is 2. The highest BCUT2D eigenvalue weighted by Crippen LogP contribution is 2.13. The Hall–Kier alpha value is -0.400. The maximum atomic E-state index is 11.6. The lowest BCUT2D eigenvalue weighted by atomic mass is 10.2. The molecule has 0 aromatic rings. The van der Waals surface area contributed by atoms with Crippen LogP contribution in [0.1, 0.15) is 39.5 Å². The van der Waals surface area contributed by atoms with Crippen molar-refractivity contribution in [1.29, 1.82) is 0 Å². The van der Waals surface area contributed by atoms with Crippen LogP contribution in [0.25, 0.3) is 0 Å². The van der Waals surface area contributed by atoms with E-state index in [2.05, 4.69) is 29.7 Å². The van der Waals surface area contributed by atoms with Crippen LogP contribution in [0.5, 0.6) is 0 Å². The minimum atomic E-state index is -0.365. The summed E-state index contributed by atoms with van der Waals surface area (Å²) in [5.41, 5.74) is 2.07. The van der Waals surface area contributed by atoms with Gasteiger partial charge in [-0.05, 0) is 24.8 Å². The Morgan fingerprint density at radius 1 is 1.35 bits per heavy atom. The van der Waals surface area contributed by atoms with Gasteiger partial charge in [-0.2, -0.15) is 12.6 Å². The van der Waals surface area contributed by atoms with E-state index in [-0.39, 0.29) is 22.3 Å². The Bertz CT molecular complexity index is 252. The van der Waals surface area contributed by atoms with Crippen LogP contribution in [0.4, 0.5) is 0 Å².